The summed E-state index contributed by atoms with van der Waals surface area (Å²) in [5.41, 5.74) is 1.13. The van der Waals surface area contributed by atoms with Crippen LogP contribution in [0.25, 0.3) is 0 Å². The van der Waals surface area contributed by atoms with Gasteiger partial charge in [-0.05, 0) is 57.5 Å². The van der Waals surface area contributed by atoms with E-state index in [0.29, 0.717) is 24.3 Å². The molecule has 2 aromatic carbocycles. The van der Waals surface area contributed by atoms with Crippen molar-refractivity contribution in [1.29, 1.82) is 0 Å². The van der Waals surface area contributed by atoms with E-state index in [1.807, 2.05) is 19.9 Å². The number of sulfonamides is 1. The van der Waals surface area contributed by atoms with Gasteiger partial charge in [0.2, 0.25) is 0 Å². The number of anilines is 1. The van der Waals surface area contributed by atoms with E-state index in [-0.39, 0.29) is 29.5 Å². The summed E-state index contributed by atoms with van der Waals surface area (Å²) < 4.78 is 33.0. The second kappa shape index (κ2) is 10.2. The fraction of sp³-hybridized carbons (Fsp3) is 0.364. The van der Waals surface area contributed by atoms with Gasteiger partial charge in [-0.15, -0.1) is 0 Å². The number of amides is 1. The quantitative estimate of drug-likeness (QED) is 0.568. The Morgan fingerprint density at radius 3 is 2.13 bits per heavy atom. The van der Waals surface area contributed by atoms with Gasteiger partial charge in [0, 0.05) is 19.6 Å². The van der Waals surface area contributed by atoms with Crippen molar-refractivity contribution in [2.75, 3.05) is 30.5 Å². The Morgan fingerprint density at radius 2 is 1.57 bits per heavy atom. The van der Waals surface area contributed by atoms with E-state index in [1.165, 1.54) is 16.4 Å². The van der Waals surface area contributed by atoms with Gasteiger partial charge >= 0.3 is 5.97 Å². The van der Waals surface area contributed by atoms with E-state index < -0.39 is 16.0 Å². The molecule has 0 aliphatic carbocycles. The molecule has 0 aliphatic rings. The minimum absolute atomic E-state index is 0.0257. The molecule has 0 unspecified atom stereocenters. The molecule has 0 radical (unpaired) electrons. The van der Waals surface area contributed by atoms with Crippen molar-refractivity contribution < 1.29 is 22.7 Å². The van der Waals surface area contributed by atoms with Gasteiger partial charge in [-0.3, -0.25) is 9.10 Å². The van der Waals surface area contributed by atoms with Gasteiger partial charge in [-0.25, -0.2) is 13.2 Å². The molecule has 0 bridgehead atoms. The number of benzene rings is 2. The van der Waals surface area contributed by atoms with Crippen molar-refractivity contribution in [3.63, 3.8) is 0 Å². The van der Waals surface area contributed by atoms with E-state index in [2.05, 4.69) is 0 Å². The van der Waals surface area contributed by atoms with Gasteiger partial charge in [0.05, 0.1) is 16.1 Å². The maximum Gasteiger partial charge on any atom is 0.338 e. The number of nitrogens with zero attached hydrogens (tertiary/aromatic N) is 2. The molecule has 0 aromatic heterocycles. The highest BCUT2D eigenvalue weighted by molar-refractivity contribution is 7.92. The number of esters is 1. The molecule has 162 valence electrons. The minimum Gasteiger partial charge on any atom is -0.452 e. The summed E-state index contributed by atoms with van der Waals surface area (Å²) >= 11 is 0. The van der Waals surface area contributed by atoms with E-state index in [9.17, 15) is 18.0 Å². The number of carbonyl (C=O) groups is 2. The van der Waals surface area contributed by atoms with Crippen LogP contribution in [0.15, 0.2) is 53.4 Å². The number of ether oxygens (including phenoxy) is 1. The van der Waals surface area contributed by atoms with Crippen molar-refractivity contribution in [1.82, 2.24) is 4.90 Å². The molecule has 7 nitrogen and oxygen atoms in total. The topological polar surface area (TPSA) is 84.0 Å². The molecule has 0 spiro atoms. The fourth-order valence-corrected chi connectivity index (χ4v) is 4.81. The number of likely N-dealkylation sites (N-methyl/N-ethyl adjacent to an activating group) is 1. The van der Waals surface area contributed by atoms with Gasteiger partial charge in [0.1, 0.15) is 0 Å². The predicted octanol–water partition coefficient (Wildman–Crippen LogP) is 3.24. The highest BCUT2D eigenvalue weighted by Crippen LogP contribution is 2.26. The van der Waals surface area contributed by atoms with Crippen LogP contribution in [-0.4, -0.2) is 51.4 Å². The number of aryl methyl sites for hydroxylation is 1. The molecular weight excluding hydrogens is 404 g/mol. The smallest absolute Gasteiger partial charge is 0.338 e. The van der Waals surface area contributed by atoms with Crippen molar-refractivity contribution in [2.45, 2.75) is 32.6 Å². The van der Waals surface area contributed by atoms with Gasteiger partial charge in [-0.2, -0.15) is 0 Å². The molecule has 0 aliphatic heterocycles. The molecule has 0 heterocycles. The summed E-state index contributed by atoms with van der Waals surface area (Å²) in [6.07, 6.45) is 0. The highest BCUT2D eigenvalue weighted by Gasteiger charge is 2.26. The second-order valence-corrected chi connectivity index (χ2v) is 8.46. The summed E-state index contributed by atoms with van der Waals surface area (Å²) in [4.78, 5) is 26.1. The Hall–Kier alpha value is -2.87. The van der Waals surface area contributed by atoms with E-state index in [1.54, 1.807) is 49.1 Å². The van der Waals surface area contributed by atoms with Crippen molar-refractivity contribution in [2.24, 2.45) is 0 Å². The Balaban J connectivity index is 2.30. The van der Waals surface area contributed by atoms with Crippen LogP contribution in [0, 0.1) is 6.92 Å². The SMILES string of the molecule is CCN(CC)C(=O)COC(=O)c1ccc(C)c(S(=O)(=O)N(CC)c2ccccc2)c1. The normalized spacial score (nSPS) is 11.1. The molecule has 1 amide bonds. The zero-order chi connectivity index (χ0) is 22.3. The van der Waals surface area contributed by atoms with Crippen LogP contribution in [0.3, 0.4) is 0 Å². The maximum absolute atomic E-state index is 13.3. The molecular formula is C22H28N2O5S. The van der Waals surface area contributed by atoms with E-state index in [0.717, 1.165) is 0 Å². The van der Waals surface area contributed by atoms with Crippen LogP contribution in [0.1, 0.15) is 36.7 Å². The largest absolute Gasteiger partial charge is 0.452 e. The average molecular weight is 433 g/mol. The first-order chi connectivity index (χ1) is 14.3. The summed E-state index contributed by atoms with van der Waals surface area (Å²) in [5, 5.41) is 0. The standard InChI is InChI=1S/C22H28N2O5S/c1-5-23(6-2)21(25)16-29-22(26)18-14-13-17(4)20(15-18)30(27,28)24(7-3)19-11-9-8-10-12-19/h8-15H,5-7,16H2,1-4H3. The number of carbonyl (C=O) groups excluding carboxylic acids is 2. The third-order valence-corrected chi connectivity index (χ3v) is 6.81. The molecule has 0 N–H and O–H groups in total. The molecule has 2 aromatic rings. The first kappa shape index (κ1) is 23.4. The third kappa shape index (κ3) is 5.18. The highest BCUT2D eigenvalue weighted by atomic mass is 32.2. The first-order valence-corrected chi connectivity index (χ1v) is 11.3. The number of para-hydroxylation sites is 1. The number of hydrogen-bond donors (Lipinski definition) is 0. The summed E-state index contributed by atoms with van der Waals surface area (Å²) in [6, 6.07) is 13.1. The average Bonchev–Trinajstić information content (AvgIpc) is 2.74. The van der Waals surface area contributed by atoms with Crippen LogP contribution in [0.5, 0.6) is 0 Å². The first-order valence-electron chi connectivity index (χ1n) is 9.89. The Bertz CT molecular complexity index is 986. The lowest BCUT2D eigenvalue weighted by Crippen LogP contribution is -2.34. The van der Waals surface area contributed by atoms with E-state index >= 15 is 0 Å². The maximum atomic E-state index is 13.3. The summed E-state index contributed by atoms with van der Waals surface area (Å²) in [6.45, 7) is 7.99. The van der Waals surface area contributed by atoms with Crippen molar-refractivity contribution in [3.05, 3.63) is 59.7 Å². The van der Waals surface area contributed by atoms with Crippen LogP contribution in [0.4, 0.5) is 5.69 Å². The van der Waals surface area contributed by atoms with Crippen molar-refractivity contribution >= 4 is 27.6 Å². The lowest BCUT2D eigenvalue weighted by Gasteiger charge is -2.24. The van der Waals surface area contributed by atoms with Crippen LogP contribution in [-0.2, 0) is 19.6 Å². The molecule has 0 fully saturated rings. The van der Waals surface area contributed by atoms with Crippen LogP contribution >= 0.6 is 0 Å². The Morgan fingerprint density at radius 1 is 0.933 bits per heavy atom. The van der Waals surface area contributed by atoms with Crippen LogP contribution < -0.4 is 4.31 Å². The van der Waals surface area contributed by atoms with Gasteiger partial charge < -0.3 is 9.64 Å². The molecule has 2 rings (SSSR count). The zero-order valence-corrected chi connectivity index (χ0v) is 18.6. The monoisotopic (exact) mass is 432 g/mol. The van der Waals surface area contributed by atoms with Gasteiger partial charge in [0.15, 0.2) is 6.61 Å². The van der Waals surface area contributed by atoms with Crippen molar-refractivity contribution in [3.8, 4) is 0 Å². The molecule has 8 heteroatoms. The lowest BCUT2D eigenvalue weighted by molar-refractivity contribution is -0.134. The Labute approximate surface area is 178 Å². The fourth-order valence-electron chi connectivity index (χ4n) is 3.09. The molecule has 0 atom stereocenters. The molecule has 30 heavy (non-hydrogen) atoms. The number of rotatable bonds is 9. The Kier molecular flexibility index (Phi) is 8.00. The molecule has 0 saturated heterocycles. The molecule has 0 saturated carbocycles. The zero-order valence-electron chi connectivity index (χ0n) is 17.8. The van der Waals surface area contributed by atoms with E-state index in [4.69, 9.17) is 4.74 Å². The minimum atomic E-state index is -3.89. The summed E-state index contributed by atoms with van der Waals surface area (Å²) in [7, 11) is -3.89. The lowest BCUT2D eigenvalue weighted by atomic mass is 10.1. The summed E-state index contributed by atoms with van der Waals surface area (Å²) in [5.74, 6) is -1.04. The third-order valence-electron chi connectivity index (χ3n) is 4.77. The predicted molar refractivity (Wildman–Crippen MR) is 116 cm³/mol. The van der Waals surface area contributed by atoms with Gasteiger partial charge in [-0.1, -0.05) is 24.3 Å². The number of hydrogen-bond acceptors (Lipinski definition) is 5. The van der Waals surface area contributed by atoms with Gasteiger partial charge in [0.25, 0.3) is 15.9 Å². The van der Waals surface area contributed by atoms with Crippen LogP contribution in [0.2, 0.25) is 0 Å². The second-order valence-electron chi connectivity index (χ2n) is 6.63.